The van der Waals surface area contributed by atoms with E-state index in [4.69, 9.17) is 4.74 Å². The summed E-state index contributed by atoms with van der Waals surface area (Å²) in [7, 11) is 0. The number of aromatic carboxylic acids is 2. The molecule has 2 heterocycles. The van der Waals surface area contributed by atoms with E-state index >= 15 is 0 Å². The van der Waals surface area contributed by atoms with Gasteiger partial charge in [0.25, 0.3) is 0 Å². The molecule has 4 rings (SSSR count). The minimum absolute atomic E-state index is 0.0460. The van der Waals surface area contributed by atoms with E-state index < -0.39 is 41.2 Å². The van der Waals surface area contributed by atoms with Crippen molar-refractivity contribution < 1.29 is 34.4 Å². The standard InChI is InChI=1S/C25H33NO7/c1-23(2)9-5-10-24(3)16(23)8-11-25(4)17(24)12-14(19(33-25)22(31)32)13-6-7-15(20(27)28)26-18(13)21(29)30/h6-7,14,16-17,19H,5,8-12H2,1-4H3,(H,27,28)(H,29,30)(H,31,32)/t14?,16-,17-,19?,24-,25+/m0/s1. The molecule has 1 aliphatic heterocycles. The van der Waals surface area contributed by atoms with Crippen LogP contribution in [0.25, 0.3) is 0 Å². The quantitative estimate of drug-likeness (QED) is 0.602. The summed E-state index contributed by atoms with van der Waals surface area (Å²) in [6, 6.07) is 2.64. The lowest BCUT2D eigenvalue weighted by atomic mass is 9.44. The number of ether oxygens (including phenoxy) is 1. The molecule has 3 N–H and O–H groups in total. The summed E-state index contributed by atoms with van der Waals surface area (Å²) < 4.78 is 6.36. The van der Waals surface area contributed by atoms with E-state index in [1.54, 1.807) is 0 Å². The first-order valence-corrected chi connectivity index (χ1v) is 11.7. The predicted molar refractivity (Wildman–Crippen MR) is 118 cm³/mol. The van der Waals surface area contributed by atoms with E-state index in [2.05, 4.69) is 25.8 Å². The van der Waals surface area contributed by atoms with Crippen molar-refractivity contribution in [3.63, 3.8) is 0 Å². The van der Waals surface area contributed by atoms with Crippen LogP contribution in [0, 0.1) is 22.7 Å². The number of rotatable bonds is 4. The average molecular weight is 460 g/mol. The summed E-state index contributed by atoms with van der Waals surface area (Å²) in [5, 5.41) is 29.1. The Hall–Kier alpha value is -2.48. The molecule has 180 valence electrons. The van der Waals surface area contributed by atoms with Gasteiger partial charge >= 0.3 is 17.9 Å². The SMILES string of the molecule is CC1(C)CCC[C@@]2(C)[C@H]1CC[C@@]1(C)OC(C(=O)O)C(c3ccc(C(=O)O)nc3C(=O)O)C[C@@H]21. The molecule has 0 bridgehead atoms. The van der Waals surface area contributed by atoms with E-state index in [1.807, 2.05) is 6.92 Å². The number of fused-ring (bicyclic) bond motifs is 3. The molecule has 8 nitrogen and oxygen atoms in total. The summed E-state index contributed by atoms with van der Waals surface area (Å²) >= 11 is 0. The van der Waals surface area contributed by atoms with E-state index in [0.717, 1.165) is 32.1 Å². The Balaban J connectivity index is 1.81. The topological polar surface area (TPSA) is 134 Å². The number of carboxylic acid groups (broad SMARTS) is 3. The Labute approximate surface area is 193 Å². The first-order valence-electron chi connectivity index (χ1n) is 11.7. The van der Waals surface area contributed by atoms with Gasteiger partial charge in [0.1, 0.15) is 5.69 Å². The van der Waals surface area contributed by atoms with Crippen LogP contribution >= 0.6 is 0 Å². The summed E-state index contributed by atoms with van der Waals surface area (Å²) in [4.78, 5) is 39.5. The van der Waals surface area contributed by atoms with Crippen molar-refractivity contribution in [2.75, 3.05) is 0 Å². The lowest BCUT2D eigenvalue weighted by molar-refractivity contribution is -0.244. The lowest BCUT2D eigenvalue weighted by Gasteiger charge is -2.64. The minimum Gasteiger partial charge on any atom is -0.479 e. The Kier molecular flexibility index (Phi) is 5.59. The van der Waals surface area contributed by atoms with Crippen molar-refractivity contribution in [2.24, 2.45) is 22.7 Å². The smallest absolute Gasteiger partial charge is 0.354 e. The third-order valence-corrected chi connectivity index (χ3v) is 8.98. The average Bonchev–Trinajstić information content (AvgIpc) is 2.71. The maximum Gasteiger partial charge on any atom is 0.354 e. The Bertz CT molecular complexity index is 1000. The molecule has 0 spiro atoms. The predicted octanol–water partition coefficient (Wildman–Crippen LogP) is 4.44. The van der Waals surface area contributed by atoms with Crippen LogP contribution in [0.3, 0.4) is 0 Å². The fourth-order valence-corrected chi connectivity index (χ4v) is 7.59. The second kappa shape index (κ2) is 7.79. The molecule has 1 saturated heterocycles. The Morgan fingerprint density at radius 2 is 1.67 bits per heavy atom. The molecule has 0 radical (unpaired) electrons. The van der Waals surface area contributed by atoms with Crippen molar-refractivity contribution in [1.82, 2.24) is 4.98 Å². The van der Waals surface area contributed by atoms with Crippen molar-refractivity contribution >= 4 is 17.9 Å². The van der Waals surface area contributed by atoms with Crippen molar-refractivity contribution in [3.05, 3.63) is 29.1 Å². The number of aliphatic carboxylic acids is 1. The molecule has 1 aromatic rings. The van der Waals surface area contributed by atoms with Gasteiger partial charge in [-0.25, -0.2) is 19.4 Å². The van der Waals surface area contributed by atoms with Crippen molar-refractivity contribution in [3.8, 4) is 0 Å². The van der Waals surface area contributed by atoms with Gasteiger partial charge in [-0.05, 0) is 73.3 Å². The molecule has 1 aromatic heterocycles. The second-order valence-electron chi connectivity index (χ2n) is 11.3. The van der Waals surface area contributed by atoms with Crippen LogP contribution in [0.5, 0.6) is 0 Å². The summed E-state index contributed by atoms with van der Waals surface area (Å²) in [5.74, 6) is -4.08. The van der Waals surface area contributed by atoms with Crippen LogP contribution in [0.1, 0.15) is 98.7 Å². The van der Waals surface area contributed by atoms with Gasteiger partial charge < -0.3 is 20.1 Å². The summed E-state index contributed by atoms with van der Waals surface area (Å²) in [6.45, 7) is 8.94. The van der Waals surface area contributed by atoms with E-state index in [1.165, 1.54) is 12.1 Å². The van der Waals surface area contributed by atoms with Crippen LogP contribution in [0.15, 0.2) is 12.1 Å². The van der Waals surface area contributed by atoms with E-state index in [9.17, 15) is 29.7 Å². The molecule has 6 atom stereocenters. The van der Waals surface area contributed by atoms with E-state index in [0.29, 0.717) is 12.3 Å². The molecule has 2 unspecified atom stereocenters. The number of carboxylic acids is 3. The zero-order valence-corrected chi connectivity index (χ0v) is 19.6. The first-order chi connectivity index (χ1) is 15.3. The van der Waals surface area contributed by atoms with Gasteiger partial charge in [0.15, 0.2) is 11.8 Å². The molecular formula is C25H33NO7. The molecular weight excluding hydrogens is 426 g/mol. The van der Waals surface area contributed by atoms with Gasteiger partial charge in [0.2, 0.25) is 0 Å². The molecule has 2 aliphatic carbocycles. The molecule has 2 saturated carbocycles. The third kappa shape index (κ3) is 3.72. The molecule has 0 amide bonds. The van der Waals surface area contributed by atoms with Crippen molar-refractivity contribution in [2.45, 2.75) is 83.8 Å². The zero-order valence-electron chi connectivity index (χ0n) is 19.6. The Morgan fingerprint density at radius 1 is 0.970 bits per heavy atom. The molecule has 0 aromatic carbocycles. The summed E-state index contributed by atoms with van der Waals surface area (Å²) in [6.07, 6.45) is 4.25. The lowest BCUT2D eigenvalue weighted by Crippen LogP contribution is -2.63. The van der Waals surface area contributed by atoms with Gasteiger partial charge in [-0.3, -0.25) is 0 Å². The normalized spacial score (nSPS) is 37.5. The maximum absolute atomic E-state index is 12.3. The van der Waals surface area contributed by atoms with Gasteiger partial charge in [-0.2, -0.15) is 0 Å². The highest BCUT2D eigenvalue weighted by Gasteiger charge is 2.62. The highest BCUT2D eigenvalue weighted by molar-refractivity contribution is 5.91. The third-order valence-electron chi connectivity index (χ3n) is 8.98. The first kappa shape index (κ1) is 23.7. The van der Waals surface area contributed by atoms with Crippen molar-refractivity contribution in [1.29, 1.82) is 0 Å². The van der Waals surface area contributed by atoms with Crippen LogP contribution < -0.4 is 0 Å². The number of nitrogens with zero attached hydrogens (tertiary/aromatic N) is 1. The maximum atomic E-state index is 12.3. The van der Waals surface area contributed by atoms with Crippen LogP contribution in [-0.2, 0) is 9.53 Å². The van der Waals surface area contributed by atoms with E-state index in [-0.39, 0.29) is 28.0 Å². The van der Waals surface area contributed by atoms with Gasteiger partial charge in [0.05, 0.1) is 5.60 Å². The minimum atomic E-state index is -1.38. The van der Waals surface area contributed by atoms with Crippen LogP contribution in [0.4, 0.5) is 0 Å². The number of hydrogen-bond donors (Lipinski definition) is 3. The van der Waals surface area contributed by atoms with Gasteiger partial charge in [-0.15, -0.1) is 0 Å². The number of aromatic nitrogens is 1. The highest BCUT2D eigenvalue weighted by atomic mass is 16.5. The van der Waals surface area contributed by atoms with Crippen LogP contribution in [-0.4, -0.2) is 49.9 Å². The highest BCUT2D eigenvalue weighted by Crippen LogP contribution is 2.66. The fraction of sp³-hybridized carbons (Fsp3) is 0.680. The Morgan fingerprint density at radius 3 is 2.27 bits per heavy atom. The molecule has 8 heteroatoms. The number of carbonyl (C=O) groups is 3. The fourth-order valence-electron chi connectivity index (χ4n) is 7.59. The molecule has 33 heavy (non-hydrogen) atoms. The van der Waals surface area contributed by atoms with Gasteiger partial charge in [-0.1, -0.05) is 33.3 Å². The summed E-state index contributed by atoms with van der Waals surface area (Å²) in [5.41, 5.74) is -1.08. The van der Waals surface area contributed by atoms with Gasteiger partial charge in [0, 0.05) is 5.92 Å². The number of hydrogen-bond acceptors (Lipinski definition) is 5. The van der Waals surface area contributed by atoms with Crippen LogP contribution in [0.2, 0.25) is 0 Å². The molecule has 3 aliphatic rings. The number of pyridine rings is 1. The second-order valence-corrected chi connectivity index (χ2v) is 11.3. The monoisotopic (exact) mass is 459 g/mol. The zero-order chi connectivity index (χ0) is 24.3. The molecule has 3 fully saturated rings. The largest absolute Gasteiger partial charge is 0.479 e.